The van der Waals surface area contributed by atoms with Gasteiger partial charge >= 0.3 is 0 Å². The van der Waals surface area contributed by atoms with E-state index >= 15 is 0 Å². The van der Waals surface area contributed by atoms with Gasteiger partial charge in [0, 0.05) is 53.3 Å². The van der Waals surface area contributed by atoms with Crippen LogP contribution in [0, 0.1) is 0 Å². The van der Waals surface area contributed by atoms with E-state index in [0.717, 1.165) is 22.4 Å². The van der Waals surface area contributed by atoms with Gasteiger partial charge in [-0.3, -0.25) is 0 Å². The van der Waals surface area contributed by atoms with Crippen LogP contribution in [0.4, 0.5) is 0 Å². The summed E-state index contributed by atoms with van der Waals surface area (Å²) < 4.78 is 4.81. The van der Waals surface area contributed by atoms with Crippen molar-refractivity contribution >= 4 is 53.3 Å². The Bertz CT molecular complexity index is 2380. The summed E-state index contributed by atoms with van der Waals surface area (Å²) in [5, 5.41) is 4.90. The van der Waals surface area contributed by atoms with Crippen LogP contribution in [0.2, 0.25) is 0 Å². The lowest BCUT2D eigenvalue weighted by Gasteiger charge is -2.10. The van der Waals surface area contributed by atoms with Crippen LogP contribution in [-0.2, 0) is 0 Å². The molecule has 0 amide bonds. The molecule has 9 aromatic rings. The van der Waals surface area contributed by atoms with Crippen molar-refractivity contribution in [3.8, 4) is 39.9 Å². The predicted molar refractivity (Wildman–Crippen MR) is 183 cm³/mol. The van der Waals surface area contributed by atoms with E-state index in [1.165, 1.54) is 42.0 Å². The van der Waals surface area contributed by atoms with E-state index < -0.39 is 0 Å². The monoisotopic (exact) mass is 580 g/mol. The number of aromatic nitrogens is 4. The second-order valence-electron chi connectivity index (χ2n) is 10.9. The fraction of sp³-hybridized carbons (Fsp3) is 0. The Morgan fingerprint density at radius 3 is 1.64 bits per heavy atom. The minimum Gasteiger partial charge on any atom is -0.309 e. The number of thiophene rings is 1. The van der Waals surface area contributed by atoms with Gasteiger partial charge in [0.2, 0.25) is 0 Å². The topological polar surface area (TPSA) is 43.6 Å². The highest BCUT2D eigenvalue weighted by atomic mass is 32.1. The molecule has 0 saturated heterocycles. The molecule has 44 heavy (non-hydrogen) atoms. The second kappa shape index (κ2) is 9.97. The van der Waals surface area contributed by atoms with E-state index in [4.69, 9.17) is 15.0 Å². The van der Waals surface area contributed by atoms with E-state index in [0.29, 0.717) is 17.5 Å². The van der Waals surface area contributed by atoms with E-state index in [2.05, 4.69) is 89.5 Å². The van der Waals surface area contributed by atoms with E-state index in [-0.39, 0.29) is 0 Å². The quantitative estimate of drug-likeness (QED) is 0.208. The van der Waals surface area contributed by atoms with Crippen molar-refractivity contribution in [2.45, 2.75) is 0 Å². The molecule has 0 unspecified atom stereocenters. The maximum absolute atomic E-state index is 5.04. The first-order chi connectivity index (χ1) is 21.8. The predicted octanol–water partition coefficient (Wildman–Crippen LogP) is 10.3. The van der Waals surface area contributed by atoms with Crippen LogP contribution in [-0.4, -0.2) is 19.5 Å². The third kappa shape index (κ3) is 3.94. The summed E-state index contributed by atoms with van der Waals surface area (Å²) in [5.41, 5.74) is 6.51. The Morgan fingerprint density at radius 2 is 1.00 bits per heavy atom. The minimum atomic E-state index is 0.666. The van der Waals surface area contributed by atoms with Crippen molar-refractivity contribution < 1.29 is 0 Å². The molecule has 0 radical (unpaired) electrons. The molecule has 3 heterocycles. The van der Waals surface area contributed by atoms with Crippen LogP contribution in [0.1, 0.15) is 0 Å². The lowest BCUT2D eigenvalue weighted by Crippen LogP contribution is -2.00. The number of fused-ring (bicyclic) bond motifs is 6. The van der Waals surface area contributed by atoms with Gasteiger partial charge in [0.1, 0.15) is 0 Å². The molecule has 0 spiro atoms. The Kier molecular flexibility index (Phi) is 5.64. The number of hydrogen-bond acceptors (Lipinski definition) is 4. The number of para-hydroxylation sites is 2. The number of rotatable bonds is 4. The average Bonchev–Trinajstić information content (AvgIpc) is 3.64. The highest BCUT2D eigenvalue weighted by molar-refractivity contribution is 7.26. The molecule has 206 valence electrons. The number of nitrogens with zero attached hydrogens (tertiary/aromatic N) is 4. The molecular weight excluding hydrogens is 557 g/mol. The smallest absolute Gasteiger partial charge is 0.164 e. The molecule has 0 atom stereocenters. The normalized spacial score (nSPS) is 11.6. The summed E-state index contributed by atoms with van der Waals surface area (Å²) in [7, 11) is 0. The van der Waals surface area contributed by atoms with Crippen LogP contribution in [0.3, 0.4) is 0 Å². The van der Waals surface area contributed by atoms with Gasteiger partial charge < -0.3 is 4.57 Å². The highest BCUT2D eigenvalue weighted by Crippen LogP contribution is 2.41. The minimum absolute atomic E-state index is 0.666. The van der Waals surface area contributed by atoms with Crippen molar-refractivity contribution in [3.63, 3.8) is 0 Å². The first kappa shape index (κ1) is 24.9. The van der Waals surface area contributed by atoms with Gasteiger partial charge in [0.15, 0.2) is 17.5 Å². The van der Waals surface area contributed by atoms with Gasteiger partial charge in [-0.2, -0.15) is 0 Å². The summed E-state index contributed by atoms with van der Waals surface area (Å²) in [5.74, 6) is 2.01. The van der Waals surface area contributed by atoms with Gasteiger partial charge in [-0.1, -0.05) is 115 Å². The van der Waals surface area contributed by atoms with Gasteiger partial charge in [-0.05, 0) is 30.3 Å². The maximum atomic E-state index is 5.04. The summed E-state index contributed by atoms with van der Waals surface area (Å²) in [6.07, 6.45) is 0. The molecule has 0 N–H and O–H groups in total. The van der Waals surface area contributed by atoms with E-state index in [1.807, 2.05) is 72.0 Å². The molecule has 0 aliphatic heterocycles. The molecule has 3 aromatic heterocycles. The standard InChI is InChI=1S/C39H24N4S/c1-3-12-25(13-4-1)37-40-38(26-14-5-2-6-15-26)42-39(41-37)31-18-11-21-34-36(31)30-23-22-27(24-35(30)44-34)43-32-19-9-7-16-28(32)29-17-8-10-20-33(29)43/h1-24H. The molecule has 4 nitrogen and oxygen atoms in total. The van der Waals surface area contributed by atoms with Gasteiger partial charge in [-0.15, -0.1) is 11.3 Å². The van der Waals surface area contributed by atoms with Crippen LogP contribution in [0.25, 0.3) is 81.8 Å². The molecule has 0 fully saturated rings. The third-order valence-corrected chi connectivity index (χ3v) is 9.38. The third-order valence-electron chi connectivity index (χ3n) is 8.26. The molecule has 0 aliphatic rings. The zero-order valence-electron chi connectivity index (χ0n) is 23.6. The Hall–Kier alpha value is -5.65. The molecule has 0 bridgehead atoms. The average molecular weight is 581 g/mol. The van der Waals surface area contributed by atoms with Crippen LogP contribution in [0.5, 0.6) is 0 Å². The molecule has 5 heteroatoms. The van der Waals surface area contributed by atoms with E-state index in [9.17, 15) is 0 Å². The Morgan fingerprint density at radius 1 is 0.432 bits per heavy atom. The number of benzene rings is 6. The molecule has 0 aliphatic carbocycles. The fourth-order valence-electron chi connectivity index (χ4n) is 6.27. The van der Waals surface area contributed by atoms with Crippen LogP contribution >= 0.6 is 11.3 Å². The largest absolute Gasteiger partial charge is 0.309 e. The van der Waals surface area contributed by atoms with Crippen molar-refractivity contribution in [1.82, 2.24) is 19.5 Å². The number of hydrogen-bond donors (Lipinski definition) is 0. The lowest BCUT2D eigenvalue weighted by atomic mass is 10.0. The van der Waals surface area contributed by atoms with Crippen molar-refractivity contribution in [1.29, 1.82) is 0 Å². The molecule has 0 saturated carbocycles. The summed E-state index contributed by atoms with van der Waals surface area (Å²) >= 11 is 1.81. The Balaban J connectivity index is 1.26. The zero-order valence-corrected chi connectivity index (χ0v) is 24.4. The summed E-state index contributed by atoms with van der Waals surface area (Å²) in [6.45, 7) is 0. The summed E-state index contributed by atoms with van der Waals surface area (Å²) in [4.78, 5) is 15.0. The lowest BCUT2D eigenvalue weighted by molar-refractivity contribution is 1.08. The van der Waals surface area contributed by atoms with Crippen molar-refractivity contribution in [2.24, 2.45) is 0 Å². The fourth-order valence-corrected chi connectivity index (χ4v) is 7.43. The molecule has 9 rings (SSSR count). The van der Waals surface area contributed by atoms with Crippen molar-refractivity contribution in [3.05, 3.63) is 146 Å². The maximum Gasteiger partial charge on any atom is 0.164 e. The van der Waals surface area contributed by atoms with Crippen LogP contribution in [0.15, 0.2) is 146 Å². The SMILES string of the molecule is c1ccc(-c2nc(-c3ccccc3)nc(-c3cccc4sc5cc(-n6c7ccccc7c7ccccc76)ccc5c34)n2)cc1. The van der Waals surface area contributed by atoms with Gasteiger partial charge in [0.25, 0.3) is 0 Å². The van der Waals surface area contributed by atoms with Crippen molar-refractivity contribution in [2.75, 3.05) is 0 Å². The van der Waals surface area contributed by atoms with Gasteiger partial charge in [-0.25, -0.2) is 15.0 Å². The second-order valence-corrected chi connectivity index (χ2v) is 12.0. The molecular formula is C39H24N4S. The first-order valence-corrected chi connectivity index (χ1v) is 15.4. The van der Waals surface area contributed by atoms with E-state index in [1.54, 1.807) is 0 Å². The Labute approximate surface area is 257 Å². The first-order valence-electron chi connectivity index (χ1n) is 14.6. The zero-order chi connectivity index (χ0) is 29.0. The van der Waals surface area contributed by atoms with Gasteiger partial charge in [0.05, 0.1) is 11.0 Å². The molecule has 6 aromatic carbocycles. The van der Waals surface area contributed by atoms with Crippen LogP contribution < -0.4 is 0 Å². The highest BCUT2D eigenvalue weighted by Gasteiger charge is 2.18. The summed E-state index contributed by atoms with van der Waals surface area (Å²) in [6, 6.07) is 50.8.